The second-order valence-corrected chi connectivity index (χ2v) is 28.2. The third-order valence-electron chi connectivity index (χ3n) is 18.7. The SMILES string of the molecule is CC[C@H](C)[C@@H]1NC(=O)[C@H](CC(C)C)N(C)C(=O)C[C@@H](C)N(C)C(=O)[C@H](CC(C)C)NC(=O)C(C)(C)N(C)C(=O)[C@H](CC(C)C)NC(=O)[C@H](CCc2ccc(C(F)(F)F)c(Cl)c2)NC(=O)CN(C)C(=O)[C@H](CC2CCCCC2)N(C)C(=O)[C@@H]2CCN2C(=O)CN(C)C1=O. The van der Waals surface area contributed by atoms with E-state index in [1.807, 2.05) is 34.6 Å². The summed E-state index contributed by atoms with van der Waals surface area (Å²) in [5.41, 5.74) is -2.49. The van der Waals surface area contributed by atoms with Gasteiger partial charge in [-0.05, 0) is 113 Å². The van der Waals surface area contributed by atoms with Gasteiger partial charge in [0.1, 0.15) is 47.8 Å². The highest BCUT2D eigenvalue weighted by molar-refractivity contribution is 6.31. The molecular formula is C66H105ClF3N11O11. The first-order valence-electron chi connectivity index (χ1n) is 32.7. The Kier molecular flexibility index (Phi) is 28.8. The maximum atomic E-state index is 14.8. The van der Waals surface area contributed by atoms with Crippen molar-refractivity contribution in [2.24, 2.45) is 29.6 Å². The molecule has 3 fully saturated rings. The summed E-state index contributed by atoms with van der Waals surface area (Å²) in [6, 6.07) is -5.92. The van der Waals surface area contributed by atoms with E-state index in [-0.39, 0.29) is 87.1 Å². The molecule has 0 unspecified atom stereocenters. The molecule has 518 valence electrons. The first-order chi connectivity index (χ1) is 42.7. The largest absolute Gasteiger partial charge is 0.417 e. The quantitative estimate of drug-likeness (QED) is 0.177. The Morgan fingerprint density at radius 3 is 1.73 bits per heavy atom. The van der Waals surface area contributed by atoms with Crippen LogP contribution in [0.1, 0.15) is 171 Å². The summed E-state index contributed by atoms with van der Waals surface area (Å²) in [5, 5.41) is 10.6. The van der Waals surface area contributed by atoms with Gasteiger partial charge in [-0.1, -0.05) is 112 Å². The Hall–Kier alpha value is -6.53. The molecule has 0 spiro atoms. The van der Waals surface area contributed by atoms with E-state index in [1.165, 1.54) is 86.7 Å². The Morgan fingerprint density at radius 1 is 0.620 bits per heavy atom. The second kappa shape index (κ2) is 34.0. The lowest BCUT2D eigenvalue weighted by molar-refractivity contribution is -0.158. The number of aryl methyl sites for hydroxylation is 1. The number of nitrogens with zero attached hydrogens (tertiary/aromatic N) is 7. The van der Waals surface area contributed by atoms with Crippen molar-refractivity contribution in [3.63, 3.8) is 0 Å². The lowest BCUT2D eigenvalue weighted by Gasteiger charge is -2.44. The fourth-order valence-electron chi connectivity index (χ4n) is 12.1. The van der Waals surface area contributed by atoms with Crippen LogP contribution in [0.5, 0.6) is 0 Å². The summed E-state index contributed by atoms with van der Waals surface area (Å²) >= 11 is 6.10. The van der Waals surface area contributed by atoms with E-state index in [1.54, 1.807) is 27.7 Å². The number of nitrogens with one attached hydrogen (secondary N) is 4. The number of hydrogen-bond acceptors (Lipinski definition) is 11. The van der Waals surface area contributed by atoms with E-state index in [9.17, 15) is 65.9 Å². The van der Waals surface area contributed by atoms with Crippen LogP contribution >= 0.6 is 11.6 Å². The van der Waals surface area contributed by atoms with E-state index >= 15 is 0 Å². The molecule has 9 atom stereocenters. The fourth-order valence-corrected chi connectivity index (χ4v) is 12.4. The summed E-state index contributed by atoms with van der Waals surface area (Å²) in [4.78, 5) is 169. The van der Waals surface area contributed by atoms with Crippen molar-refractivity contribution in [1.82, 2.24) is 55.6 Å². The molecule has 11 amide bonds. The number of carbonyl (C=O) groups excluding carboxylic acids is 11. The number of amides is 11. The van der Waals surface area contributed by atoms with E-state index in [2.05, 4.69) is 21.3 Å². The summed E-state index contributed by atoms with van der Waals surface area (Å²) in [7, 11) is 8.62. The Morgan fingerprint density at radius 2 is 1.20 bits per heavy atom. The molecule has 1 aromatic rings. The Bertz CT molecular complexity index is 2800. The number of hydrogen-bond donors (Lipinski definition) is 4. The van der Waals surface area contributed by atoms with Crippen LogP contribution in [0, 0.1) is 29.6 Å². The van der Waals surface area contributed by atoms with Crippen molar-refractivity contribution in [3.05, 3.63) is 34.3 Å². The minimum Gasteiger partial charge on any atom is -0.343 e. The Labute approximate surface area is 547 Å². The highest BCUT2D eigenvalue weighted by Crippen LogP contribution is 2.36. The molecule has 4 rings (SSSR count). The zero-order valence-corrected chi connectivity index (χ0v) is 58.1. The van der Waals surface area contributed by atoms with Gasteiger partial charge in [0.2, 0.25) is 65.0 Å². The minimum absolute atomic E-state index is 0.0314. The van der Waals surface area contributed by atoms with Crippen molar-refractivity contribution < 1.29 is 65.9 Å². The van der Waals surface area contributed by atoms with Gasteiger partial charge in [-0.3, -0.25) is 52.7 Å². The van der Waals surface area contributed by atoms with Gasteiger partial charge in [0.15, 0.2) is 0 Å². The highest BCUT2D eigenvalue weighted by atomic mass is 35.5. The van der Waals surface area contributed by atoms with Gasteiger partial charge in [0, 0.05) is 61.3 Å². The number of fused-ring (bicyclic) bond motifs is 1. The van der Waals surface area contributed by atoms with Crippen LogP contribution in [0.15, 0.2) is 18.2 Å². The summed E-state index contributed by atoms with van der Waals surface area (Å²) in [6.07, 6.45) is 0.373. The van der Waals surface area contributed by atoms with Crippen LogP contribution in [0.2, 0.25) is 5.02 Å². The molecule has 2 saturated heterocycles. The molecule has 26 heteroatoms. The molecule has 1 aromatic carbocycles. The summed E-state index contributed by atoms with van der Waals surface area (Å²) in [5.74, 6) is -7.95. The van der Waals surface area contributed by atoms with Gasteiger partial charge in [-0.25, -0.2) is 0 Å². The number of benzene rings is 1. The van der Waals surface area contributed by atoms with Gasteiger partial charge in [0.05, 0.1) is 23.7 Å². The van der Waals surface area contributed by atoms with Crippen molar-refractivity contribution in [3.8, 4) is 0 Å². The summed E-state index contributed by atoms with van der Waals surface area (Å²) in [6.45, 7) is 18.4. The molecule has 2 heterocycles. The van der Waals surface area contributed by atoms with Crippen LogP contribution < -0.4 is 21.3 Å². The maximum absolute atomic E-state index is 14.8. The number of likely N-dealkylation sites (N-methyl/N-ethyl adjacent to an activating group) is 6. The molecule has 2 aliphatic heterocycles. The number of rotatable bonds is 13. The monoisotopic (exact) mass is 1320 g/mol. The third kappa shape index (κ3) is 21.0. The molecule has 0 aromatic heterocycles. The van der Waals surface area contributed by atoms with Crippen molar-refractivity contribution >= 4 is 76.6 Å². The molecule has 1 saturated carbocycles. The van der Waals surface area contributed by atoms with Gasteiger partial charge < -0.3 is 55.6 Å². The lowest BCUT2D eigenvalue weighted by Crippen LogP contribution is -2.63. The van der Waals surface area contributed by atoms with Crippen LogP contribution in [-0.4, -0.2) is 215 Å². The topological polar surface area (TPSA) is 259 Å². The normalized spacial score (nSPS) is 26.0. The lowest BCUT2D eigenvalue weighted by atomic mass is 9.84. The predicted octanol–water partition coefficient (Wildman–Crippen LogP) is 6.04. The standard InChI is InChI=1S/C66H105ClF3N11O11/c1-18-41(8)56-63(91)76(13)37-55(84)81-29-28-50(81)62(90)79(16)52(35-43-22-20-19-21-23-43)61(89)75(12)36-53(82)71-47(27-25-44-24-26-45(46(67)34-44)66(68,69)70)57(85)72-49(31-39(4)5)60(88)80(17)65(10,11)64(92)73-48(30-38(2)3)59(87)77(14)42(9)33-54(83)78(15)51(32-40(6)7)58(86)74-56/h24,26,34,38-43,47-52,56H,18-23,25,27-33,35-37H2,1-17H3,(H,71,82)(H,72,85)(H,73,92)(H,74,86)/t41-,42+,47-,48-,49-,50-,51-,52-,56-/m0/s1. The predicted molar refractivity (Wildman–Crippen MR) is 344 cm³/mol. The molecule has 4 N–H and O–H groups in total. The third-order valence-corrected chi connectivity index (χ3v) is 19.0. The van der Waals surface area contributed by atoms with Gasteiger partial charge in [0.25, 0.3) is 0 Å². The van der Waals surface area contributed by atoms with Crippen LogP contribution in [-0.2, 0) is 65.3 Å². The molecule has 92 heavy (non-hydrogen) atoms. The molecule has 1 aliphatic carbocycles. The first kappa shape index (κ1) is 77.9. The summed E-state index contributed by atoms with van der Waals surface area (Å²) < 4.78 is 41.3. The molecule has 0 radical (unpaired) electrons. The zero-order valence-electron chi connectivity index (χ0n) is 57.4. The van der Waals surface area contributed by atoms with Crippen molar-refractivity contribution in [1.29, 1.82) is 0 Å². The smallest absolute Gasteiger partial charge is 0.343 e. The van der Waals surface area contributed by atoms with E-state index in [0.717, 1.165) is 54.0 Å². The van der Waals surface area contributed by atoms with Crippen LogP contribution in [0.4, 0.5) is 13.2 Å². The zero-order chi connectivity index (χ0) is 69.6. The molecule has 22 nitrogen and oxygen atoms in total. The van der Waals surface area contributed by atoms with Gasteiger partial charge >= 0.3 is 6.18 Å². The van der Waals surface area contributed by atoms with E-state index < -0.39 is 155 Å². The molecular weight excluding hydrogens is 1220 g/mol. The van der Waals surface area contributed by atoms with Crippen LogP contribution in [0.3, 0.4) is 0 Å². The highest BCUT2D eigenvalue weighted by Gasteiger charge is 2.46. The van der Waals surface area contributed by atoms with E-state index in [0.29, 0.717) is 6.42 Å². The van der Waals surface area contributed by atoms with Crippen molar-refractivity contribution in [2.75, 3.05) is 61.9 Å². The minimum atomic E-state index is -4.76. The maximum Gasteiger partial charge on any atom is 0.417 e. The van der Waals surface area contributed by atoms with Crippen molar-refractivity contribution in [2.45, 2.75) is 226 Å². The number of carbonyl (C=O) groups is 11. The number of alkyl halides is 3. The number of halogens is 4. The van der Waals surface area contributed by atoms with E-state index in [4.69, 9.17) is 11.6 Å². The van der Waals surface area contributed by atoms with Crippen LogP contribution in [0.25, 0.3) is 0 Å². The molecule has 0 bridgehead atoms. The first-order valence-corrected chi connectivity index (χ1v) is 33.0. The fraction of sp³-hybridized carbons (Fsp3) is 0.742. The van der Waals surface area contributed by atoms with Gasteiger partial charge in [-0.15, -0.1) is 0 Å². The van der Waals surface area contributed by atoms with Gasteiger partial charge in [-0.2, -0.15) is 13.2 Å². The molecule has 3 aliphatic rings. The second-order valence-electron chi connectivity index (χ2n) is 27.8. The average Bonchev–Trinajstić information content (AvgIpc) is 0.908. The Balaban J connectivity index is 1.83. The average molecular weight is 1320 g/mol.